The molecule has 2 aromatic heterocycles. The summed E-state index contributed by atoms with van der Waals surface area (Å²) in [6.45, 7) is 5.81. The Hall–Kier alpha value is -1.88. The van der Waals surface area contributed by atoms with Crippen molar-refractivity contribution in [1.82, 2.24) is 14.7 Å². The Morgan fingerprint density at radius 1 is 1.24 bits per heavy atom. The Kier molecular flexibility index (Phi) is 4.28. The molecule has 1 saturated heterocycles. The number of hydrogen-bond acceptors (Lipinski definition) is 3. The highest BCUT2D eigenvalue weighted by atomic mass is 16.5. The van der Waals surface area contributed by atoms with Crippen molar-refractivity contribution >= 4 is 11.6 Å². The molecule has 4 rings (SSSR count). The quantitative estimate of drug-likeness (QED) is 0.910. The van der Waals surface area contributed by atoms with E-state index in [4.69, 9.17) is 4.74 Å². The van der Waals surface area contributed by atoms with Crippen molar-refractivity contribution < 1.29 is 9.53 Å². The Morgan fingerprint density at radius 3 is 2.68 bits per heavy atom. The molecular formula is C20H27N3O2. The van der Waals surface area contributed by atoms with Gasteiger partial charge in [-0.2, -0.15) is 0 Å². The first kappa shape index (κ1) is 16.6. The predicted octanol–water partition coefficient (Wildman–Crippen LogP) is 3.42. The van der Waals surface area contributed by atoms with Crippen molar-refractivity contribution in [2.45, 2.75) is 58.4 Å². The molecule has 0 aromatic carbocycles. The van der Waals surface area contributed by atoms with Crippen LogP contribution in [0.5, 0.6) is 0 Å². The molecule has 0 bridgehead atoms. The lowest BCUT2D eigenvalue weighted by Crippen LogP contribution is -2.42. The molecule has 0 unspecified atom stereocenters. The zero-order valence-electron chi connectivity index (χ0n) is 15.2. The van der Waals surface area contributed by atoms with E-state index >= 15 is 0 Å². The summed E-state index contributed by atoms with van der Waals surface area (Å²) < 4.78 is 7.50. The fourth-order valence-corrected chi connectivity index (χ4v) is 4.51. The highest BCUT2D eigenvalue weighted by molar-refractivity contribution is 6.00. The second-order valence-corrected chi connectivity index (χ2v) is 7.82. The Bertz CT molecular complexity index is 780. The number of amides is 1. The number of nitrogens with one attached hydrogen (secondary N) is 1. The second-order valence-electron chi connectivity index (χ2n) is 7.82. The van der Waals surface area contributed by atoms with E-state index in [1.54, 1.807) is 0 Å². The minimum atomic E-state index is 0.00734. The summed E-state index contributed by atoms with van der Waals surface area (Å²) in [6, 6.07) is 4.19. The monoisotopic (exact) mass is 341 g/mol. The van der Waals surface area contributed by atoms with Gasteiger partial charge in [-0.1, -0.05) is 0 Å². The number of ether oxygens (including phenoxy) is 1. The van der Waals surface area contributed by atoms with Gasteiger partial charge < -0.3 is 14.5 Å². The zero-order chi connectivity index (χ0) is 17.4. The molecule has 1 aliphatic carbocycles. The molecule has 5 nitrogen and oxygen atoms in total. The van der Waals surface area contributed by atoms with Crippen LogP contribution in [-0.4, -0.2) is 34.5 Å². The minimum absolute atomic E-state index is 0.00734. The lowest BCUT2D eigenvalue weighted by atomic mass is 9.68. The smallest absolute Gasteiger partial charge is 0.255 e. The second kappa shape index (κ2) is 6.45. The number of rotatable bonds is 2. The summed E-state index contributed by atoms with van der Waals surface area (Å²) in [7, 11) is 0. The first-order valence-corrected chi connectivity index (χ1v) is 9.40. The van der Waals surface area contributed by atoms with E-state index in [9.17, 15) is 4.79 Å². The van der Waals surface area contributed by atoms with Crippen molar-refractivity contribution in [2.75, 3.05) is 13.2 Å². The Balaban J connectivity index is 1.45. The van der Waals surface area contributed by atoms with Gasteiger partial charge in [0, 0.05) is 36.8 Å². The topological polar surface area (TPSA) is 55.6 Å². The minimum Gasteiger partial charge on any atom is -0.381 e. The molecule has 0 atom stereocenters. The van der Waals surface area contributed by atoms with E-state index in [2.05, 4.69) is 10.3 Å². The number of nitrogens with zero attached hydrogens (tertiary/aromatic N) is 2. The molecule has 25 heavy (non-hydrogen) atoms. The average molecular weight is 341 g/mol. The van der Waals surface area contributed by atoms with Crippen LogP contribution in [-0.2, 0) is 4.74 Å². The van der Waals surface area contributed by atoms with Crippen LogP contribution in [0.2, 0.25) is 0 Å². The molecular weight excluding hydrogens is 314 g/mol. The fourth-order valence-electron chi connectivity index (χ4n) is 4.51. The third-order valence-corrected chi connectivity index (χ3v) is 6.12. The van der Waals surface area contributed by atoms with Crippen molar-refractivity contribution in [3.8, 4) is 0 Å². The Labute approximate surface area is 148 Å². The maximum atomic E-state index is 12.8. The summed E-state index contributed by atoms with van der Waals surface area (Å²) in [5.74, 6) is 0.00734. The third kappa shape index (κ3) is 3.17. The number of hydrogen-bond donors (Lipinski definition) is 1. The van der Waals surface area contributed by atoms with Gasteiger partial charge in [0.25, 0.3) is 5.91 Å². The Morgan fingerprint density at radius 2 is 1.96 bits per heavy atom. The van der Waals surface area contributed by atoms with Gasteiger partial charge in [-0.05, 0) is 69.9 Å². The van der Waals surface area contributed by atoms with Crippen LogP contribution in [0.25, 0.3) is 5.65 Å². The summed E-state index contributed by atoms with van der Waals surface area (Å²) >= 11 is 0. The molecule has 3 heterocycles. The highest BCUT2D eigenvalue weighted by Crippen LogP contribution is 2.44. The number of carbonyl (C=O) groups is 1. The lowest BCUT2D eigenvalue weighted by molar-refractivity contribution is -0.00901. The van der Waals surface area contributed by atoms with Crippen molar-refractivity contribution in [2.24, 2.45) is 5.41 Å². The molecule has 2 aliphatic rings. The first-order valence-electron chi connectivity index (χ1n) is 9.40. The molecule has 2 aromatic rings. The number of fused-ring (bicyclic) bond motifs is 1. The SMILES string of the molecule is Cc1cc(C)n2ccc(C(=O)NC3CCC4(CCOCC4)CC3)c2n1. The van der Waals surface area contributed by atoms with E-state index in [1.165, 1.54) is 25.7 Å². The summed E-state index contributed by atoms with van der Waals surface area (Å²) in [5, 5.41) is 3.25. The summed E-state index contributed by atoms with van der Waals surface area (Å²) in [6.07, 6.45) is 8.85. The van der Waals surface area contributed by atoms with Crippen LogP contribution in [0.3, 0.4) is 0 Å². The average Bonchev–Trinajstić information content (AvgIpc) is 3.02. The fraction of sp³-hybridized carbons (Fsp3) is 0.600. The molecule has 5 heteroatoms. The standard InChI is InChI=1S/C20H27N3O2/c1-14-13-15(2)23-10-5-17(18(23)21-14)19(24)22-16-3-6-20(7-4-16)8-11-25-12-9-20/h5,10,13,16H,3-4,6-9,11-12H2,1-2H3,(H,22,24). The van der Waals surface area contributed by atoms with Crippen molar-refractivity contribution in [3.63, 3.8) is 0 Å². The van der Waals surface area contributed by atoms with Gasteiger partial charge in [-0.25, -0.2) is 4.98 Å². The maximum Gasteiger partial charge on any atom is 0.255 e. The van der Waals surface area contributed by atoms with E-state index < -0.39 is 0 Å². The van der Waals surface area contributed by atoms with Gasteiger partial charge in [0.15, 0.2) is 0 Å². The van der Waals surface area contributed by atoms with Crippen LogP contribution in [0, 0.1) is 19.3 Å². The van der Waals surface area contributed by atoms with Crippen LogP contribution < -0.4 is 5.32 Å². The van der Waals surface area contributed by atoms with Gasteiger partial charge in [0.05, 0.1) is 5.56 Å². The largest absolute Gasteiger partial charge is 0.381 e. The highest BCUT2D eigenvalue weighted by Gasteiger charge is 2.37. The number of aryl methyl sites for hydroxylation is 2. The van der Waals surface area contributed by atoms with Gasteiger partial charge in [-0.15, -0.1) is 0 Å². The van der Waals surface area contributed by atoms with E-state index in [-0.39, 0.29) is 11.9 Å². The first-order chi connectivity index (χ1) is 12.1. The van der Waals surface area contributed by atoms with Crippen molar-refractivity contribution in [1.29, 1.82) is 0 Å². The zero-order valence-corrected chi connectivity index (χ0v) is 15.2. The van der Waals surface area contributed by atoms with Crippen LogP contribution in [0.1, 0.15) is 60.3 Å². The third-order valence-electron chi connectivity index (χ3n) is 6.12. The molecule has 2 fully saturated rings. The van der Waals surface area contributed by atoms with Crippen molar-refractivity contribution in [3.05, 3.63) is 35.3 Å². The number of aromatic nitrogens is 2. The molecule has 134 valence electrons. The van der Waals surface area contributed by atoms with E-state index in [1.807, 2.05) is 36.6 Å². The molecule has 0 radical (unpaired) electrons. The lowest BCUT2D eigenvalue weighted by Gasteiger charge is -2.42. The van der Waals surface area contributed by atoms with Gasteiger partial charge in [0.2, 0.25) is 0 Å². The van der Waals surface area contributed by atoms with Gasteiger partial charge in [-0.3, -0.25) is 4.79 Å². The van der Waals surface area contributed by atoms with Crippen LogP contribution >= 0.6 is 0 Å². The van der Waals surface area contributed by atoms with Crippen LogP contribution in [0.15, 0.2) is 18.3 Å². The van der Waals surface area contributed by atoms with E-state index in [0.717, 1.165) is 43.1 Å². The molecule has 1 saturated carbocycles. The predicted molar refractivity (Wildman–Crippen MR) is 96.9 cm³/mol. The molecule has 1 aliphatic heterocycles. The summed E-state index contributed by atoms with van der Waals surface area (Å²) in [5.41, 5.74) is 3.94. The number of carbonyl (C=O) groups excluding carboxylic acids is 1. The van der Waals surface area contributed by atoms with Gasteiger partial charge in [0.1, 0.15) is 5.65 Å². The molecule has 1 spiro atoms. The summed E-state index contributed by atoms with van der Waals surface area (Å²) in [4.78, 5) is 17.4. The normalized spacial score (nSPS) is 20.9. The molecule has 1 amide bonds. The van der Waals surface area contributed by atoms with E-state index in [0.29, 0.717) is 11.0 Å². The maximum absolute atomic E-state index is 12.8. The van der Waals surface area contributed by atoms with Gasteiger partial charge >= 0.3 is 0 Å². The molecule has 1 N–H and O–H groups in total. The van der Waals surface area contributed by atoms with Crippen LogP contribution in [0.4, 0.5) is 0 Å².